The SMILES string of the molecule is C=C(C)[C@@H]1CC2=CC(=O)CC[C@]2(C)[C@H]2CC[C@]3(C)[C@@H](O)CC[C@H]3[C@H]12. The van der Waals surface area contributed by atoms with Crippen LogP contribution < -0.4 is 0 Å². The van der Waals surface area contributed by atoms with Gasteiger partial charge in [-0.15, -0.1) is 0 Å². The molecule has 7 atom stereocenters. The van der Waals surface area contributed by atoms with Crippen molar-refractivity contribution < 1.29 is 9.90 Å². The maximum atomic E-state index is 12.0. The Balaban J connectivity index is 1.79. The largest absolute Gasteiger partial charge is 0.393 e. The molecule has 0 saturated heterocycles. The molecule has 0 heterocycles. The summed E-state index contributed by atoms with van der Waals surface area (Å²) in [6.45, 7) is 11.3. The fourth-order valence-electron chi connectivity index (χ4n) is 7.04. The van der Waals surface area contributed by atoms with E-state index in [9.17, 15) is 9.90 Å². The first kappa shape index (κ1) is 16.6. The van der Waals surface area contributed by atoms with Gasteiger partial charge >= 0.3 is 0 Å². The summed E-state index contributed by atoms with van der Waals surface area (Å²) in [7, 11) is 0. The number of fused-ring (bicyclic) bond motifs is 5. The predicted molar refractivity (Wildman–Crippen MR) is 96.4 cm³/mol. The van der Waals surface area contributed by atoms with E-state index in [1.807, 2.05) is 6.08 Å². The van der Waals surface area contributed by atoms with Crippen molar-refractivity contribution >= 4 is 5.78 Å². The molecule has 0 aromatic rings. The summed E-state index contributed by atoms with van der Waals surface area (Å²) < 4.78 is 0. The number of rotatable bonds is 1. The second-order valence-electron chi connectivity index (χ2n) is 9.64. The van der Waals surface area contributed by atoms with E-state index in [4.69, 9.17) is 0 Å². The summed E-state index contributed by atoms with van der Waals surface area (Å²) in [6, 6.07) is 0. The number of ketones is 1. The van der Waals surface area contributed by atoms with Gasteiger partial charge in [-0.25, -0.2) is 0 Å². The molecule has 24 heavy (non-hydrogen) atoms. The van der Waals surface area contributed by atoms with Crippen LogP contribution >= 0.6 is 0 Å². The number of carbonyl (C=O) groups is 1. The van der Waals surface area contributed by atoms with Gasteiger partial charge in [-0.3, -0.25) is 4.79 Å². The highest BCUT2D eigenvalue weighted by Crippen LogP contribution is 2.67. The molecular weight excluding hydrogens is 296 g/mol. The minimum atomic E-state index is -0.132. The first-order valence-corrected chi connectivity index (χ1v) is 9.85. The molecule has 0 aromatic carbocycles. The third-order valence-corrected chi connectivity index (χ3v) is 8.60. The highest BCUT2D eigenvalue weighted by molar-refractivity contribution is 5.91. The van der Waals surface area contributed by atoms with Crippen LogP contribution in [0, 0.1) is 34.5 Å². The summed E-state index contributed by atoms with van der Waals surface area (Å²) in [5.74, 6) is 2.70. The molecule has 3 saturated carbocycles. The molecule has 0 amide bonds. The van der Waals surface area contributed by atoms with Gasteiger partial charge in [-0.05, 0) is 86.0 Å². The average Bonchev–Trinajstić information content (AvgIpc) is 2.83. The van der Waals surface area contributed by atoms with E-state index >= 15 is 0 Å². The molecule has 2 nitrogen and oxygen atoms in total. The molecule has 0 unspecified atom stereocenters. The monoisotopic (exact) mass is 328 g/mol. The van der Waals surface area contributed by atoms with Crippen molar-refractivity contribution in [2.24, 2.45) is 34.5 Å². The van der Waals surface area contributed by atoms with Crippen LogP contribution in [0.4, 0.5) is 0 Å². The maximum Gasteiger partial charge on any atom is 0.155 e. The summed E-state index contributed by atoms with van der Waals surface area (Å²) in [4.78, 5) is 12.0. The number of carbonyl (C=O) groups excluding carboxylic acids is 1. The van der Waals surface area contributed by atoms with Crippen molar-refractivity contribution in [1.82, 2.24) is 0 Å². The van der Waals surface area contributed by atoms with Gasteiger partial charge in [0.15, 0.2) is 5.78 Å². The molecule has 2 heteroatoms. The molecule has 0 bridgehead atoms. The van der Waals surface area contributed by atoms with E-state index in [0.29, 0.717) is 35.9 Å². The number of hydrogen-bond acceptors (Lipinski definition) is 2. The molecule has 132 valence electrons. The van der Waals surface area contributed by atoms with Gasteiger partial charge in [-0.2, -0.15) is 0 Å². The van der Waals surface area contributed by atoms with Crippen LogP contribution in [-0.4, -0.2) is 17.0 Å². The average molecular weight is 328 g/mol. The van der Waals surface area contributed by atoms with E-state index in [1.54, 1.807) is 0 Å². The van der Waals surface area contributed by atoms with Crippen LogP contribution in [0.1, 0.15) is 65.7 Å². The van der Waals surface area contributed by atoms with Gasteiger partial charge < -0.3 is 5.11 Å². The Morgan fingerprint density at radius 2 is 1.96 bits per heavy atom. The zero-order valence-electron chi connectivity index (χ0n) is 15.5. The first-order valence-electron chi connectivity index (χ1n) is 9.85. The third kappa shape index (κ3) is 2.08. The predicted octanol–water partition coefficient (Wildman–Crippen LogP) is 4.68. The molecule has 0 aliphatic heterocycles. The van der Waals surface area contributed by atoms with Crippen LogP contribution in [0.2, 0.25) is 0 Å². The fraction of sp³-hybridized carbons (Fsp3) is 0.773. The van der Waals surface area contributed by atoms with Crippen molar-refractivity contribution in [3.8, 4) is 0 Å². The Morgan fingerprint density at radius 1 is 1.21 bits per heavy atom. The van der Waals surface area contributed by atoms with E-state index in [-0.39, 0.29) is 16.9 Å². The highest BCUT2D eigenvalue weighted by atomic mass is 16.3. The molecule has 4 rings (SSSR count). The summed E-state index contributed by atoms with van der Waals surface area (Å²) in [6.07, 6.45) is 9.06. The molecule has 0 aromatic heterocycles. The Kier molecular flexibility index (Phi) is 3.66. The van der Waals surface area contributed by atoms with E-state index in [1.165, 1.54) is 17.6 Å². The van der Waals surface area contributed by atoms with E-state index in [2.05, 4.69) is 27.4 Å². The number of hydrogen-bond donors (Lipinski definition) is 1. The normalized spacial score (nSPS) is 50.6. The molecule has 4 aliphatic carbocycles. The molecule has 0 radical (unpaired) electrons. The number of aliphatic hydroxyl groups is 1. The molecule has 0 spiro atoms. The van der Waals surface area contributed by atoms with Gasteiger partial charge in [-0.1, -0.05) is 31.6 Å². The van der Waals surface area contributed by atoms with Gasteiger partial charge in [0, 0.05) is 6.42 Å². The summed E-state index contributed by atoms with van der Waals surface area (Å²) in [5.41, 5.74) is 2.96. The highest BCUT2D eigenvalue weighted by Gasteiger charge is 2.61. The topological polar surface area (TPSA) is 37.3 Å². The standard InChI is InChI=1S/C22H32O2/c1-13(2)16-12-14-11-15(23)7-9-21(14,3)18-8-10-22(4)17(20(16)18)5-6-19(22)24/h11,16-20,24H,1,5-10,12H2,2-4H3/t16-,17-,18-,19-,20-,21-,22-/m0/s1. The zero-order valence-corrected chi connectivity index (χ0v) is 15.5. The van der Waals surface area contributed by atoms with Gasteiger partial charge in [0.05, 0.1) is 6.10 Å². The Bertz CT molecular complexity index is 617. The van der Waals surface area contributed by atoms with Crippen molar-refractivity contribution in [3.05, 3.63) is 23.8 Å². The van der Waals surface area contributed by atoms with Gasteiger partial charge in [0.1, 0.15) is 0 Å². The first-order chi connectivity index (χ1) is 11.3. The lowest BCUT2D eigenvalue weighted by atomic mass is 9.44. The Hall–Kier alpha value is -0.890. The van der Waals surface area contributed by atoms with Crippen molar-refractivity contribution in [2.75, 3.05) is 0 Å². The minimum Gasteiger partial charge on any atom is -0.393 e. The second-order valence-corrected chi connectivity index (χ2v) is 9.64. The maximum absolute atomic E-state index is 12.0. The molecule has 3 fully saturated rings. The van der Waals surface area contributed by atoms with Crippen LogP contribution in [0.5, 0.6) is 0 Å². The Morgan fingerprint density at radius 3 is 2.67 bits per heavy atom. The quantitative estimate of drug-likeness (QED) is 0.710. The van der Waals surface area contributed by atoms with Crippen LogP contribution in [0.3, 0.4) is 0 Å². The minimum absolute atomic E-state index is 0.0942. The van der Waals surface area contributed by atoms with Crippen LogP contribution in [0.25, 0.3) is 0 Å². The lowest BCUT2D eigenvalue weighted by Crippen LogP contribution is -2.54. The van der Waals surface area contributed by atoms with E-state index < -0.39 is 0 Å². The van der Waals surface area contributed by atoms with Crippen LogP contribution in [0.15, 0.2) is 23.8 Å². The van der Waals surface area contributed by atoms with Crippen molar-refractivity contribution in [1.29, 1.82) is 0 Å². The lowest BCUT2D eigenvalue weighted by Gasteiger charge is -2.60. The van der Waals surface area contributed by atoms with Crippen molar-refractivity contribution in [3.63, 3.8) is 0 Å². The summed E-state index contributed by atoms with van der Waals surface area (Å²) in [5, 5.41) is 10.7. The van der Waals surface area contributed by atoms with Crippen molar-refractivity contribution in [2.45, 2.75) is 71.8 Å². The van der Waals surface area contributed by atoms with Crippen LogP contribution in [-0.2, 0) is 4.79 Å². The summed E-state index contributed by atoms with van der Waals surface area (Å²) >= 11 is 0. The zero-order chi connectivity index (χ0) is 17.3. The smallest absolute Gasteiger partial charge is 0.155 e. The molecule has 4 aliphatic rings. The van der Waals surface area contributed by atoms with E-state index in [0.717, 1.165) is 32.1 Å². The number of allylic oxidation sites excluding steroid dienone is 2. The Labute approximate surface area is 146 Å². The molecular formula is C22H32O2. The van der Waals surface area contributed by atoms with Gasteiger partial charge in [0.2, 0.25) is 0 Å². The fourth-order valence-corrected chi connectivity index (χ4v) is 7.04. The third-order valence-electron chi connectivity index (χ3n) is 8.60. The number of aliphatic hydroxyl groups excluding tert-OH is 1. The van der Waals surface area contributed by atoms with Gasteiger partial charge in [0.25, 0.3) is 0 Å². The lowest BCUT2D eigenvalue weighted by molar-refractivity contribution is -0.119. The molecule has 1 N–H and O–H groups in total. The second kappa shape index (κ2) is 5.30.